The first kappa shape index (κ1) is 17.3. The van der Waals surface area contributed by atoms with Crippen LogP contribution in [0.3, 0.4) is 0 Å². The lowest BCUT2D eigenvalue weighted by molar-refractivity contribution is -0.139. The molecule has 23 heavy (non-hydrogen) atoms. The number of hydrogen-bond donors (Lipinski definition) is 2. The van der Waals surface area contributed by atoms with Crippen LogP contribution in [-0.2, 0) is 14.3 Å². The summed E-state index contributed by atoms with van der Waals surface area (Å²) in [6, 6.07) is 3.59. The largest absolute Gasteiger partial charge is 0.481 e. The SMILES string of the molecule is COCC(C)(CC(=O)O)NC(=O)C1CC1c1c(F)cccc1F. The minimum atomic E-state index is -1.07. The topological polar surface area (TPSA) is 75.6 Å². The van der Waals surface area contributed by atoms with E-state index in [2.05, 4.69) is 5.32 Å². The van der Waals surface area contributed by atoms with E-state index >= 15 is 0 Å². The summed E-state index contributed by atoms with van der Waals surface area (Å²) in [4.78, 5) is 23.2. The van der Waals surface area contributed by atoms with Crippen LogP contribution in [0.1, 0.15) is 31.2 Å². The van der Waals surface area contributed by atoms with E-state index in [-0.39, 0.29) is 18.6 Å². The van der Waals surface area contributed by atoms with E-state index in [1.807, 2.05) is 0 Å². The zero-order chi connectivity index (χ0) is 17.2. The lowest BCUT2D eigenvalue weighted by atomic mass is 9.98. The van der Waals surface area contributed by atoms with Crippen LogP contribution in [0.5, 0.6) is 0 Å². The van der Waals surface area contributed by atoms with E-state index in [1.165, 1.54) is 13.2 Å². The molecule has 1 aliphatic rings. The average molecular weight is 327 g/mol. The Kier molecular flexibility index (Phi) is 4.99. The first-order valence-corrected chi connectivity index (χ1v) is 7.24. The maximum Gasteiger partial charge on any atom is 0.305 e. The number of carbonyl (C=O) groups excluding carboxylic acids is 1. The number of carbonyl (C=O) groups is 2. The molecule has 0 bridgehead atoms. The highest BCUT2D eigenvalue weighted by atomic mass is 19.1. The number of halogens is 2. The van der Waals surface area contributed by atoms with E-state index in [0.29, 0.717) is 6.42 Å². The molecule has 1 amide bonds. The molecule has 0 saturated heterocycles. The molecule has 126 valence electrons. The van der Waals surface area contributed by atoms with Crippen molar-refractivity contribution in [2.45, 2.75) is 31.2 Å². The summed E-state index contributed by atoms with van der Waals surface area (Å²) < 4.78 is 32.4. The molecule has 3 unspecified atom stereocenters. The molecular formula is C16H19F2NO4. The van der Waals surface area contributed by atoms with Crippen molar-refractivity contribution in [3.63, 3.8) is 0 Å². The number of hydrogen-bond acceptors (Lipinski definition) is 3. The molecule has 7 heteroatoms. The third-order valence-electron chi connectivity index (χ3n) is 3.93. The molecule has 0 radical (unpaired) electrons. The van der Waals surface area contributed by atoms with Crippen molar-refractivity contribution < 1.29 is 28.2 Å². The van der Waals surface area contributed by atoms with Crippen molar-refractivity contribution in [2.24, 2.45) is 5.92 Å². The van der Waals surface area contributed by atoms with Crippen molar-refractivity contribution >= 4 is 11.9 Å². The van der Waals surface area contributed by atoms with Crippen molar-refractivity contribution in [1.29, 1.82) is 0 Å². The van der Waals surface area contributed by atoms with Crippen LogP contribution in [-0.4, -0.2) is 36.2 Å². The van der Waals surface area contributed by atoms with E-state index in [4.69, 9.17) is 9.84 Å². The summed E-state index contributed by atoms with van der Waals surface area (Å²) in [6.07, 6.45) is 0.0256. The van der Waals surface area contributed by atoms with Crippen molar-refractivity contribution in [3.8, 4) is 0 Å². The van der Waals surface area contributed by atoms with Gasteiger partial charge in [-0.25, -0.2) is 8.78 Å². The Labute approximate surface area is 132 Å². The molecule has 2 N–H and O–H groups in total. The number of benzene rings is 1. The van der Waals surface area contributed by atoms with Crippen LogP contribution in [0.4, 0.5) is 8.78 Å². The fraction of sp³-hybridized carbons (Fsp3) is 0.500. The number of ether oxygens (including phenoxy) is 1. The van der Waals surface area contributed by atoms with Gasteiger partial charge in [-0.2, -0.15) is 0 Å². The number of nitrogens with one attached hydrogen (secondary N) is 1. The van der Waals surface area contributed by atoms with E-state index < -0.39 is 40.9 Å². The van der Waals surface area contributed by atoms with E-state index in [9.17, 15) is 18.4 Å². The molecule has 2 rings (SSSR count). The van der Waals surface area contributed by atoms with Crippen molar-refractivity contribution in [3.05, 3.63) is 35.4 Å². The first-order valence-electron chi connectivity index (χ1n) is 7.24. The van der Waals surface area contributed by atoms with Crippen LogP contribution in [0.15, 0.2) is 18.2 Å². The maximum atomic E-state index is 13.7. The lowest BCUT2D eigenvalue weighted by Gasteiger charge is -2.28. The summed E-state index contributed by atoms with van der Waals surface area (Å²) in [5.74, 6) is -3.92. The minimum Gasteiger partial charge on any atom is -0.481 e. The summed E-state index contributed by atoms with van der Waals surface area (Å²) in [6.45, 7) is 1.58. The predicted molar refractivity (Wildman–Crippen MR) is 77.9 cm³/mol. The van der Waals surface area contributed by atoms with Gasteiger partial charge in [-0.05, 0) is 25.5 Å². The maximum absolute atomic E-state index is 13.7. The van der Waals surface area contributed by atoms with Crippen LogP contribution < -0.4 is 5.32 Å². The Hall–Kier alpha value is -2.02. The second-order valence-corrected chi connectivity index (χ2v) is 6.14. The molecule has 0 aromatic heterocycles. The van der Waals surface area contributed by atoms with Crippen LogP contribution >= 0.6 is 0 Å². The monoisotopic (exact) mass is 327 g/mol. The third kappa shape index (κ3) is 4.04. The predicted octanol–water partition coefficient (Wildman–Crippen LogP) is 2.06. The Morgan fingerprint density at radius 3 is 2.52 bits per heavy atom. The van der Waals surface area contributed by atoms with Gasteiger partial charge in [0.2, 0.25) is 5.91 Å². The molecule has 0 spiro atoms. The van der Waals surface area contributed by atoms with Gasteiger partial charge < -0.3 is 15.2 Å². The Balaban J connectivity index is 2.06. The fourth-order valence-corrected chi connectivity index (χ4v) is 2.84. The van der Waals surface area contributed by atoms with Gasteiger partial charge in [-0.3, -0.25) is 9.59 Å². The molecule has 0 aliphatic heterocycles. The molecule has 5 nitrogen and oxygen atoms in total. The number of aliphatic carboxylic acids is 1. The number of carboxylic acid groups (broad SMARTS) is 1. The summed E-state index contributed by atoms with van der Waals surface area (Å²) in [5.41, 5.74) is -1.15. The second-order valence-electron chi connectivity index (χ2n) is 6.14. The normalized spacial score (nSPS) is 22.3. The van der Waals surface area contributed by atoms with Gasteiger partial charge in [0.15, 0.2) is 0 Å². The quantitative estimate of drug-likeness (QED) is 0.804. The van der Waals surface area contributed by atoms with Crippen molar-refractivity contribution in [2.75, 3.05) is 13.7 Å². The van der Waals surface area contributed by atoms with Gasteiger partial charge in [-0.1, -0.05) is 6.07 Å². The van der Waals surface area contributed by atoms with Gasteiger partial charge in [0.1, 0.15) is 11.6 Å². The summed E-state index contributed by atoms with van der Waals surface area (Å²) >= 11 is 0. The second kappa shape index (κ2) is 6.62. The smallest absolute Gasteiger partial charge is 0.305 e. The Morgan fingerprint density at radius 1 is 1.39 bits per heavy atom. The number of amides is 1. The number of methoxy groups -OCH3 is 1. The van der Waals surface area contributed by atoms with E-state index in [0.717, 1.165) is 12.1 Å². The third-order valence-corrected chi connectivity index (χ3v) is 3.93. The average Bonchev–Trinajstić information content (AvgIpc) is 3.17. The summed E-state index contributed by atoms with van der Waals surface area (Å²) in [7, 11) is 1.40. The molecule has 1 aromatic rings. The number of rotatable bonds is 7. The number of carboxylic acids is 1. The first-order chi connectivity index (χ1) is 10.8. The van der Waals surface area contributed by atoms with Crippen molar-refractivity contribution in [1.82, 2.24) is 5.32 Å². The zero-order valence-corrected chi connectivity index (χ0v) is 12.9. The molecule has 3 atom stereocenters. The van der Waals surface area contributed by atoms with Crippen LogP contribution in [0, 0.1) is 17.6 Å². The molecule has 1 aliphatic carbocycles. The highest BCUT2D eigenvalue weighted by molar-refractivity contribution is 5.84. The molecule has 1 saturated carbocycles. The van der Waals surface area contributed by atoms with Gasteiger partial charge in [0.25, 0.3) is 0 Å². The highest BCUT2D eigenvalue weighted by Gasteiger charge is 2.48. The Bertz CT molecular complexity index is 602. The Morgan fingerprint density at radius 2 is 2.00 bits per heavy atom. The molecular weight excluding hydrogens is 308 g/mol. The van der Waals surface area contributed by atoms with Gasteiger partial charge in [-0.15, -0.1) is 0 Å². The molecule has 0 heterocycles. The highest BCUT2D eigenvalue weighted by Crippen LogP contribution is 2.49. The van der Waals surface area contributed by atoms with E-state index in [1.54, 1.807) is 6.92 Å². The fourth-order valence-electron chi connectivity index (χ4n) is 2.84. The van der Waals surface area contributed by atoms with Gasteiger partial charge >= 0.3 is 5.97 Å². The van der Waals surface area contributed by atoms with Gasteiger partial charge in [0.05, 0.1) is 18.6 Å². The van der Waals surface area contributed by atoms with Crippen LogP contribution in [0.2, 0.25) is 0 Å². The summed E-state index contributed by atoms with van der Waals surface area (Å²) in [5, 5.41) is 11.6. The standard InChI is InChI=1S/C16H19F2NO4/c1-16(8-23-2,7-13(20)21)19-15(22)10-6-9(10)14-11(17)4-3-5-12(14)18/h3-5,9-10H,6-8H2,1-2H3,(H,19,22)(H,20,21). The molecule has 1 fully saturated rings. The van der Waals surface area contributed by atoms with Crippen LogP contribution in [0.25, 0.3) is 0 Å². The minimum absolute atomic E-state index is 0.0243. The molecule has 1 aromatic carbocycles. The zero-order valence-electron chi connectivity index (χ0n) is 12.9. The van der Waals surface area contributed by atoms with Gasteiger partial charge in [0, 0.05) is 24.5 Å². The lowest BCUT2D eigenvalue weighted by Crippen LogP contribution is -2.51.